The van der Waals surface area contributed by atoms with Crippen molar-refractivity contribution in [1.29, 1.82) is 0 Å². The molecule has 29 heavy (non-hydrogen) atoms. The lowest BCUT2D eigenvalue weighted by Crippen LogP contribution is -2.55. The van der Waals surface area contributed by atoms with Gasteiger partial charge in [-0.25, -0.2) is 13.2 Å². The van der Waals surface area contributed by atoms with Crippen LogP contribution >= 0.6 is 0 Å². The lowest BCUT2D eigenvalue weighted by molar-refractivity contribution is 0.136. The third-order valence-electron chi connectivity index (χ3n) is 6.40. The lowest BCUT2D eigenvalue weighted by Gasteiger charge is -2.49. The number of rotatable bonds is 4. The second-order valence-corrected chi connectivity index (χ2v) is 10.4. The summed E-state index contributed by atoms with van der Waals surface area (Å²) in [4.78, 5) is 14.7. The monoisotopic (exact) mass is 414 g/mol. The van der Waals surface area contributed by atoms with Gasteiger partial charge in [-0.05, 0) is 62.3 Å². The van der Waals surface area contributed by atoms with Crippen LogP contribution in [0.4, 0.5) is 10.5 Å². The van der Waals surface area contributed by atoms with E-state index in [-0.39, 0.29) is 11.9 Å². The van der Waals surface area contributed by atoms with Gasteiger partial charge in [-0.2, -0.15) is 10.2 Å². The van der Waals surface area contributed by atoms with Crippen LogP contribution in [-0.4, -0.2) is 47.4 Å². The van der Waals surface area contributed by atoms with E-state index in [2.05, 4.69) is 15.5 Å². The van der Waals surface area contributed by atoms with Crippen LogP contribution in [0.1, 0.15) is 37.7 Å². The molecule has 8 heteroatoms. The van der Waals surface area contributed by atoms with Gasteiger partial charge in [-0.1, -0.05) is 18.6 Å². The number of aryl methyl sites for hydroxylation is 1. The number of nitrogens with one attached hydrogen (secondary N) is 1. The second-order valence-electron chi connectivity index (χ2n) is 8.06. The molecule has 1 aliphatic heterocycles. The highest BCUT2D eigenvalue weighted by atomic mass is 32.2. The molecule has 2 aliphatic rings. The Kier molecular flexibility index (Phi) is 5.29. The van der Waals surface area contributed by atoms with Gasteiger partial charge in [0.2, 0.25) is 0 Å². The number of nitrogens with zero attached hydrogens (tertiary/aromatic N) is 3. The minimum absolute atomic E-state index is 0.0772. The van der Waals surface area contributed by atoms with Crippen LogP contribution in [0, 0.1) is 12.8 Å². The molecule has 154 valence electrons. The summed E-state index contributed by atoms with van der Waals surface area (Å²) in [6.07, 6.45) is 6.80. The summed E-state index contributed by atoms with van der Waals surface area (Å²) in [5.74, 6) is 0.0772. The topological polar surface area (TPSA) is 92.3 Å². The van der Waals surface area contributed by atoms with E-state index in [1.54, 1.807) is 23.1 Å². The van der Waals surface area contributed by atoms with Crippen LogP contribution in [-0.2, 0) is 9.84 Å². The van der Waals surface area contributed by atoms with E-state index in [1.165, 1.54) is 12.4 Å². The van der Waals surface area contributed by atoms with E-state index in [9.17, 15) is 13.2 Å². The molecule has 7 nitrogen and oxygen atoms in total. The zero-order valence-corrected chi connectivity index (χ0v) is 17.4. The van der Waals surface area contributed by atoms with Crippen molar-refractivity contribution in [2.24, 2.45) is 5.92 Å². The molecule has 1 aromatic heterocycles. The van der Waals surface area contributed by atoms with Crippen molar-refractivity contribution in [1.82, 2.24) is 15.1 Å². The molecule has 0 bridgehead atoms. The highest BCUT2D eigenvalue weighted by Gasteiger charge is 2.55. The van der Waals surface area contributed by atoms with Crippen LogP contribution in [0.15, 0.2) is 47.6 Å². The molecule has 2 aromatic rings. The quantitative estimate of drug-likeness (QED) is 0.827. The number of aromatic nitrogens is 2. The molecule has 4 rings (SSSR count). The van der Waals surface area contributed by atoms with Gasteiger partial charge in [-0.15, -0.1) is 0 Å². The van der Waals surface area contributed by atoms with Crippen LogP contribution in [0.2, 0.25) is 0 Å². The van der Waals surface area contributed by atoms with E-state index >= 15 is 0 Å². The third kappa shape index (κ3) is 3.61. The number of likely N-dealkylation sites (tertiary alicyclic amines) is 1. The highest BCUT2D eigenvalue weighted by Crippen LogP contribution is 2.51. The number of amides is 2. The number of anilines is 1. The van der Waals surface area contributed by atoms with E-state index < -0.39 is 14.6 Å². The molecule has 1 aromatic carbocycles. The van der Waals surface area contributed by atoms with Crippen molar-refractivity contribution >= 4 is 21.6 Å². The first-order chi connectivity index (χ1) is 13.9. The van der Waals surface area contributed by atoms with Crippen molar-refractivity contribution < 1.29 is 13.2 Å². The second kappa shape index (κ2) is 7.74. The molecular formula is C21H26N4O3S. The predicted octanol–water partition coefficient (Wildman–Crippen LogP) is 3.43. The van der Waals surface area contributed by atoms with Crippen molar-refractivity contribution in [2.75, 3.05) is 18.4 Å². The standard InChI is InChI=1S/C21H26N4O3S/c1-16-4-2-5-19(14-16)29(27,28)21(9-3-10-21)17-7-12-25(13-8-17)20(26)24-18-6-11-22-23-15-18/h2,4-6,11,14-15,17H,3,7-10,12-13H2,1H3,(H,22,24,26). The van der Waals surface area contributed by atoms with Gasteiger partial charge in [0.1, 0.15) is 0 Å². The molecule has 1 N–H and O–H groups in total. The average molecular weight is 415 g/mol. The van der Waals surface area contributed by atoms with E-state index in [4.69, 9.17) is 0 Å². The average Bonchev–Trinajstić information content (AvgIpc) is 2.68. The molecule has 0 spiro atoms. The number of carbonyl (C=O) groups is 1. The number of piperidine rings is 1. The van der Waals surface area contributed by atoms with Gasteiger partial charge < -0.3 is 10.2 Å². The highest BCUT2D eigenvalue weighted by molar-refractivity contribution is 7.93. The van der Waals surface area contributed by atoms with E-state index in [0.29, 0.717) is 49.4 Å². The molecule has 0 radical (unpaired) electrons. The smallest absolute Gasteiger partial charge is 0.321 e. The number of benzene rings is 1. The third-order valence-corrected chi connectivity index (χ3v) is 9.08. The van der Waals surface area contributed by atoms with Gasteiger partial charge in [0, 0.05) is 13.1 Å². The molecule has 2 fully saturated rings. The summed E-state index contributed by atoms with van der Waals surface area (Å²) < 4.78 is 26.4. The number of urea groups is 1. The van der Waals surface area contributed by atoms with Crippen LogP contribution in [0.5, 0.6) is 0 Å². The number of sulfone groups is 1. The van der Waals surface area contributed by atoms with Crippen LogP contribution < -0.4 is 5.32 Å². The molecule has 1 saturated carbocycles. The van der Waals surface area contributed by atoms with Gasteiger partial charge in [0.25, 0.3) is 0 Å². The van der Waals surface area contributed by atoms with Crippen molar-refractivity contribution in [3.05, 3.63) is 48.3 Å². The summed E-state index contributed by atoms with van der Waals surface area (Å²) in [6, 6.07) is 8.74. The van der Waals surface area contributed by atoms with Gasteiger partial charge in [0.05, 0.1) is 27.7 Å². The maximum Gasteiger partial charge on any atom is 0.321 e. The Hall–Kier alpha value is -2.48. The Morgan fingerprint density at radius 1 is 1.17 bits per heavy atom. The minimum atomic E-state index is -3.41. The van der Waals surface area contributed by atoms with Crippen molar-refractivity contribution in [3.63, 3.8) is 0 Å². The molecular weight excluding hydrogens is 388 g/mol. The summed E-state index contributed by atoms with van der Waals surface area (Å²) in [5.41, 5.74) is 1.56. The summed E-state index contributed by atoms with van der Waals surface area (Å²) in [5, 5.41) is 10.3. The minimum Gasteiger partial charge on any atom is -0.325 e. The summed E-state index contributed by atoms with van der Waals surface area (Å²) >= 11 is 0. The zero-order chi connectivity index (χ0) is 20.5. The van der Waals surface area contributed by atoms with E-state index in [0.717, 1.165) is 12.0 Å². The number of hydrogen-bond donors (Lipinski definition) is 1. The van der Waals surface area contributed by atoms with Crippen LogP contribution in [0.3, 0.4) is 0 Å². The first kappa shape index (κ1) is 19.8. The fourth-order valence-corrected chi connectivity index (χ4v) is 7.18. The first-order valence-corrected chi connectivity index (χ1v) is 11.5. The molecule has 1 saturated heterocycles. The van der Waals surface area contributed by atoms with Crippen LogP contribution in [0.25, 0.3) is 0 Å². The molecule has 0 atom stereocenters. The van der Waals surface area contributed by atoms with Gasteiger partial charge in [-0.3, -0.25) is 0 Å². The largest absolute Gasteiger partial charge is 0.325 e. The summed E-state index contributed by atoms with van der Waals surface area (Å²) in [6.45, 7) is 3.03. The molecule has 2 heterocycles. The lowest BCUT2D eigenvalue weighted by atomic mass is 9.71. The molecule has 1 aliphatic carbocycles. The Morgan fingerprint density at radius 2 is 1.93 bits per heavy atom. The molecule has 2 amide bonds. The van der Waals surface area contributed by atoms with Gasteiger partial charge in [0.15, 0.2) is 9.84 Å². The Morgan fingerprint density at radius 3 is 2.52 bits per heavy atom. The maximum atomic E-state index is 13.5. The Labute approximate surface area is 171 Å². The van der Waals surface area contributed by atoms with E-state index in [1.807, 2.05) is 19.1 Å². The normalized spacial score (nSPS) is 19.4. The summed E-state index contributed by atoms with van der Waals surface area (Å²) in [7, 11) is -3.41. The van der Waals surface area contributed by atoms with Gasteiger partial charge >= 0.3 is 6.03 Å². The number of carbonyl (C=O) groups excluding carboxylic acids is 1. The Balaban J connectivity index is 1.46. The SMILES string of the molecule is Cc1cccc(S(=O)(=O)C2(C3CCN(C(=O)Nc4ccnnc4)CC3)CCC2)c1. The molecule has 0 unspecified atom stereocenters. The zero-order valence-electron chi connectivity index (χ0n) is 16.5. The maximum absolute atomic E-state index is 13.5. The Bertz CT molecular complexity index is 982. The van der Waals surface area contributed by atoms with Crippen molar-refractivity contribution in [2.45, 2.75) is 48.7 Å². The fraction of sp³-hybridized carbons (Fsp3) is 0.476. The predicted molar refractivity (Wildman–Crippen MR) is 110 cm³/mol. The first-order valence-electron chi connectivity index (χ1n) is 10.1. The number of hydrogen-bond acceptors (Lipinski definition) is 5. The van der Waals surface area contributed by atoms with Crippen molar-refractivity contribution in [3.8, 4) is 0 Å². The fourth-order valence-electron chi connectivity index (χ4n) is 4.61.